The highest BCUT2D eigenvalue weighted by molar-refractivity contribution is 5.83. The molecule has 6 heteroatoms. The van der Waals surface area contributed by atoms with Crippen molar-refractivity contribution < 1.29 is 18.3 Å². The monoisotopic (exact) mass is 338 g/mol. The van der Waals surface area contributed by atoms with Crippen LogP contribution in [0.1, 0.15) is 31.2 Å². The molecule has 0 bridgehead atoms. The van der Waals surface area contributed by atoms with E-state index in [9.17, 15) is 13.6 Å². The Bertz CT molecular complexity index is 590. The van der Waals surface area contributed by atoms with E-state index in [0.29, 0.717) is 12.0 Å². The van der Waals surface area contributed by atoms with Crippen LogP contribution in [0.2, 0.25) is 0 Å². The Morgan fingerprint density at radius 1 is 1.38 bits per heavy atom. The number of amides is 1. The number of nitrogens with zero attached hydrogens (tertiary/aromatic N) is 1. The second-order valence-electron chi connectivity index (χ2n) is 6.74. The summed E-state index contributed by atoms with van der Waals surface area (Å²) in [4.78, 5) is 14.6. The van der Waals surface area contributed by atoms with E-state index in [1.165, 1.54) is 6.07 Å². The summed E-state index contributed by atoms with van der Waals surface area (Å²) in [5.74, 6) is -2.17. The summed E-state index contributed by atoms with van der Waals surface area (Å²) in [5, 5.41) is 3.00. The molecule has 24 heavy (non-hydrogen) atoms. The molecule has 1 saturated heterocycles. The van der Waals surface area contributed by atoms with Gasteiger partial charge in [0.05, 0.1) is 13.2 Å². The first-order valence-electron chi connectivity index (χ1n) is 8.60. The van der Waals surface area contributed by atoms with Gasteiger partial charge in [-0.2, -0.15) is 0 Å². The van der Waals surface area contributed by atoms with Gasteiger partial charge in [-0.3, -0.25) is 9.69 Å². The van der Waals surface area contributed by atoms with Crippen LogP contribution in [0.4, 0.5) is 8.78 Å². The SMILES string of the molecule is C[C@H](CCN1CCOCC1)NC(=O)[C@H]1C[C@@H]1c1cccc(F)c1F. The lowest BCUT2D eigenvalue weighted by molar-refractivity contribution is -0.123. The largest absolute Gasteiger partial charge is 0.379 e. The molecule has 4 nitrogen and oxygen atoms in total. The minimum absolute atomic E-state index is 0.0573. The van der Waals surface area contributed by atoms with Crippen LogP contribution < -0.4 is 5.32 Å². The van der Waals surface area contributed by atoms with Crippen LogP contribution in [0.25, 0.3) is 0 Å². The Labute approximate surface area is 141 Å². The van der Waals surface area contributed by atoms with Crippen LogP contribution in [-0.4, -0.2) is 49.7 Å². The third kappa shape index (κ3) is 4.11. The second-order valence-corrected chi connectivity index (χ2v) is 6.74. The number of carbonyl (C=O) groups is 1. The molecule has 0 spiro atoms. The second kappa shape index (κ2) is 7.57. The van der Waals surface area contributed by atoms with Gasteiger partial charge in [0.2, 0.25) is 5.91 Å². The van der Waals surface area contributed by atoms with Gasteiger partial charge in [-0.1, -0.05) is 12.1 Å². The molecular weight excluding hydrogens is 314 g/mol. The topological polar surface area (TPSA) is 41.6 Å². The van der Waals surface area contributed by atoms with Crippen LogP contribution in [0.5, 0.6) is 0 Å². The van der Waals surface area contributed by atoms with E-state index in [0.717, 1.165) is 45.3 Å². The molecule has 1 N–H and O–H groups in total. The summed E-state index contributed by atoms with van der Waals surface area (Å²) in [6.45, 7) is 6.32. The highest BCUT2D eigenvalue weighted by Gasteiger charge is 2.45. The molecule has 0 unspecified atom stereocenters. The van der Waals surface area contributed by atoms with Gasteiger partial charge in [-0.25, -0.2) is 8.78 Å². The molecule has 2 aliphatic rings. The molecule has 1 aliphatic carbocycles. The predicted octanol–water partition coefficient (Wildman–Crippen LogP) is 2.30. The molecule has 1 aromatic rings. The van der Waals surface area contributed by atoms with Gasteiger partial charge in [0.25, 0.3) is 0 Å². The van der Waals surface area contributed by atoms with Crippen molar-refractivity contribution in [2.24, 2.45) is 5.92 Å². The molecule has 1 aliphatic heterocycles. The molecule has 1 saturated carbocycles. The van der Waals surface area contributed by atoms with Gasteiger partial charge in [0.1, 0.15) is 0 Å². The van der Waals surface area contributed by atoms with Crippen molar-refractivity contribution >= 4 is 5.91 Å². The molecular formula is C18H24F2N2O2. The first kappa shape index (κ1) is 17.3. The molecule has 3 rings (SSSR count). The van der Waals surface area contributed by atoms with E-state index in [4.69, 9.17) is 4.74 Å². The fourth-order valence-electron chi connectivity index (χ4n) is 3.26. The number of hydrogen-bond donors (Lipinski definition) is 1. The summed E-state index contributed by atoms with van der Waals surface area (Å²) < 4.78 is 32.4. The number of halogens is 2. The highest BCUT2D eigenvalue weighted by atomic mass is 19.2. The Balaban J connectivity index is 1.45. The Kier molecular flexibility index (Phi) is 5.46. The molecule has 3 atom stereocenters. The van der Waals surface area contributed by atoms with Crippen LogP contribution >= 0.6 is 0 Å². The maximum absolute atomic E-state index is 13.8. The summed E-state index contributed by atoms with van der Waals surface area (Å²) in [7, 11) is 0. The van der Waals surface area contributed by atoms with Gasteiger partial charge in [-0.05, 0) is 37.3 Å². The smallest absolute Gasteiger partial charge is 0.223 e. The number of hydrogen-bond acceptors (Lipinski definition) is 3. The van der Waals surface area contributed by atoms with Gasteiger partial charge in [-0.15, -0.1) is 0 Å². The van der Waals surface area contributed by atoms with Crippen molar-refractivity contribution in [3.05, 3.63) is 35.4 Å². The molecule has 1 aromatic carbocycles. The zero-order chi connectivity index (χ0) is 17.1. The van der Waals surface area contributed by atoms with Gasteiger partial charge >= 0.3 is 0 Å². The minimum atomic E-state index is -0.850. The Hall–Kier alpha value is -1.53. The first-order valence-corrected chi connectivity index (χ1v) is 8.60. The fraction of sp³-hybridized carbons (Fsp3) is 0.611. The normalized spacial score (nSPS) is 25.3. The van der Waals surface area contributed by atoms with Crippen molar-refractivity contribution in [1.29, 1.82) is 0 Å². The zero-order valence-corrected chi connectivity index (χ0v) is 13.9. The van der Waals surface area contributed by atoms with Crippen molar-refractivity contribution in [1.82, 2.24) is 10.2 Å². The number of carbonyl (C=O) groups excluding carboxylic acids is 1. The zero-order valence-electron chi connectivity index (χ0n) is 13.9. The lowest BCUT2D eigenvalue weighted by atomic mass is 10.1. The van der Waals surface area contributed by atoms with Crippen molar-refractivity contribution in [2.75, 3.05) is 32.8 Å². The van der Waals surface area contributed by atoms with E-state index >= 15 is 0 Å². The molecule has 1 heterocycles. The number of morpholine rings is 1. The standard InChI is InChI=1S/C18H24F2N2O2/c1-12(5-6-22-7-9-24-10-8-22)21-18(23)15-11-14(15)13-3-2-4-16(19)17(13)20/h2-4,12,14-15H,5-11H2,1H3,(H,21,23)/t12-,14-,15+/m1/s1. The molecule has 132 valence electrons. The number of rotatable bonds is 6. The summed E-state index contributed by atoms with van der Waals surface area (Å²) >= 11 is 0. The van der Waals surface area contributed by atoms with Crippen LogP contribution in [0.3, 0.4) is 0 Å². The summed E-state index contributed by atoms with van der Waals surface area (Å²) in [6.07, 6.45) is 1.46. The Morgan fingerprint density at radius 2 is 2.12 bits per heavy atom. The Morgan fingerprint density at radius 3 is 2.88 bits per heavy atom. The fourth-order valence-corrected chi connectivity index (χ4v) is 3.26. The molecule has 0 aromatic heterocycles. The third-order valence-corrected chi connectivity index (χ3v) is 4.88. The van der Waals surface area contributed by atoms with Gasteiger partial charge in [0, 0.05) is 31.6 Å². The number of benzene rings is 1. The van der Waals surface area contributed by atoms with E-state index in [2.05, 4.69) is 10.2 Å². The molecule has 2 fully saturated rings. The predicted molar refractivity (Wildman–Crippen MR) is 86.7 cm³/mol. The van der Waals surface area contributed by atoms with Crippen LogP contribution in [0, 0.1) is 17.6 Å². The lowest BCUT2D eigenvalue weighted by Gasteiger charge is -2.27. The average molecular weight is 338 g/mol. The molecule has 1 amide bonds. The van der Waals surface area contributed by atoms with Crippen LogP contribution in [-0.2, 0) is 9.53 Å². The van der Waals surface area contributed by atoms with E-state index in [-0.39, 0.29) is 23.8 Å². The first-order chi connectivity index (χ1) is 11.6. The van der Waals surface area contributed by atoms with E-state index in [1.54, 1.807) is 6.07 Å². The number of ether oxygens (including phenoxy) is 1. The van der Waals surface area contributed by atoms with E-state index < -0.39 is 11.6 Å². The van der Waals surface area contributed by atoms with Crippen molar-refractivity contribution in [3.8, 4) is 0 Å². The third-order valence-electron chi connectivity index (χ3n) is 4.88. The average Bonchev–Trinajstić information content (AvgIpc) is 3.37. The van der Waals surface area contributed by atoms with Gasteiger partial charge < -0.3 is 10.1 Å². The number of nitrogens with one attached hydrogen (secondary N) is 1. The maximum Gasteiger partial charge on any atom is 0.223 e. The van der Waals surface area contributed by atoms with Gasteiger partial charge in [0.15, 0.2) is 11.6 Å². The minimum Gasteiger partial charge on any atom is -0.379 e. The molecule has 0 radical (unpaired) electrons. The maximum atomic E-state index is 13.8. The van der Waals surface area contributed by atoms with E-state index in [1.807, 2.05) is 6.92 Å². The lowest BCUT2D eigenvalue weighted by Crippen LogP contribution is -2.41. The summed E-state index contributed by atoms with van der Waals surface area (Å²) in [5.41, 5.74) is 0.316. The van der Waals surface area contributed by atoms with Crippen molar-refractivity contribution in [3.63, 3.8) is 0 Å². The quantitative estimate of drug-likeness (QED) is 0.865. The van der Waals surface area contributed by atoms with Crippen molar-refractivity contribution in [2.45, 2.75) is 31.7 Å². The summed E-state index contributed by atoms with van der Waals surface area (Å²) in [6, 6.07) is 4.23. The highest BCUT2D eigenvalue weighted by Crippen LogP contribution is 2.48. The van der Waals surface area contributed by atoms with Crippen LogP contribution in [0.15, 0.2) is 18.2 Å².